The maximum atomic E-state index is 11.7. The van der Waals surface area contributed by atoms with Crippen molar-refractivity contribution in [2.75, 3.05) is 6.61 Å². The van der Waals surface area contributed by atoms with E-state index in [1.54, 1.807) is 0 Å². The number of esters is 1. The summed E-state index contributed by atoms with van der Waals surface area (Å²) >= 11 is 0. The third kappa shape index (κ3) is 4.26. The number of carbonyl (C=O) groups is 2. The summed E-state index contributed by atoms with van der Waals surface area (Å²) in [5.74, 6) is -0.746. The zero-order valence-corrected chi connectivity index (χ0v) is 11.3. The Morgan fingerprint density at radius 3 is 2.45 bits per heavy atom. The molecule has 2 N–H and O–H groups in total. The summed E-state index contributed by atoms with van der Waals surface area (Å²) in [6.07, 6.45) is 5.49. The number of ether oxygens (including phenoxy) is 1. The van der Waals surface area contributed by atoms with E-state index in [2.05, 4.69) is 5.32 Å². The zero-order valence-electron chi connectivity index (χ0n) is 11.3. The molecule has 1 amide bonds. The Labute approximate surface area is 117 Å². The van der Waals surface area contributed by atoms with Crippen LogP contribution in [0.15, 0.2) is 24.3 Å². The third-order valence-corrected chi connectivity index (χ3v) is 3.41. The summed E-state index contributed by atoms with van der Waals surface area (Å²) < 4.78 is 4.94. The third-order valence-electron chi connectivity index (χ3n) is 3.41. The second-order valence-electron chi connectivity index (χ2n) is 5.03. The van der Waals surface area contributed by atoms with E-state index in [1.807, 2.05) is 0 Å². The van der Waals surface area contributed by atoms with E-state index in [9.17, 15) is 9.59 Å². The Balaban J connectivity index is 1.75. The molecule has 1 fully saturated rings. The largest absolute Gasteiger partial charge is 0.508 e. The molecule has 5 nitrogen and oxygen atoms in total. The minimum atomic E-state index is -0.566. The van der Waals surface area contributed by atoms with E-state index in [-0.39, 0.29) is 24.3 Å². The minimum absolute atomic E-state index is 0.0802. The van der Waals surface area contributed by atoms with Gasteiger partial charge in [0.15, 0.2) is 6.61 Å². The fourth-order valence-corrected chi connectivity index (χ4v) is 2.33. The fraction of sp³-hybridized carbons (Fsp3) is 0.467. The van der Waals surface area contributed by atoms with E-state index >= 15 is 0 Å². The molecule has 1 saturated carbocycles. The topological polar surface area (TPSA) is 75.6 Å². The first-order valence-corrected chi connectivity index (χ1v) is 6.90. The van der Waals surface area contributed by atoms with Crippen LogP contribution in [0, 0.1) is 0 Å². The summed E-state index contributed by atoms with van der Waals surface area (Å²) in [5, 5.41) is 12.0. The van der Waals surface area contributed by atoms with Gasteiger partial charge in [-0.25, -0.2) is 4.79 Å². The summed E-state index contributed by atoms with van der Waals surface area (Å²) in [4.78, 5) is 23.3. The van der Waals surface area contributed by atoms with Gasteiger partial charge in [0, 0.05) is 6.04 Å². The smallest absolute Gasteiger partial charge is 0.338 e. The van der Waals surface area contributed by atoms with E-state index in [0.29, 0.717) is 5.56 Å². The van der Waals surface area contributed by atoms with Gasteiger partial charge in [0.25, 0.3) is 5.91 Å². The van der Waals surface area contributed by atoms with Gasteiger partial charge in [-0.15, -0.1) is 0 Å². The number of amides is 1. The summed E-state index contributed by atoms with van der Waals surface area (Å²) in [6.45, 7) is -0.268. The normalized spacial score (nSPS) is 15.6. The molecule has 108 valence electrons. The molecule has 1 aliphatic carbocycles. The van der Waals surface area contributed by atoms with Crippen molar-refractivity contribution in [2.45, 2.75) is 38.1 Å². The number of phenols is 1. The number of phenolic OH excluding ortho intramolecular Hbond substituents is 1. The fourth-order valence-electron chi connectivity index (χ4n) is 2.33. The maximum Gasteiger partial charge on any atom is 0.338 e. The van der Waals surface area contributed by atoms with Crippen LogP contribution in [0.25, 0.3) is 0 Å². The molecule has 0 radical (unpaired) electrons. The average molecular weight is 277 g/mol. The molecule has 0 bridgehead atoms. The average Bonchev–Trinajstić information content (AvgIpc) is 2.46. The van der Waals surface area contributed by atoms with Gasteiger partial charge in [-0.3, -0.25) is 4.79 Å². The lowest BCUT2D eigenvalue weighted by molar-refractivity contribution is -0.125. The number of carbonyl (C=O) groups excluding carboxylic acids is 2. The van der Waals surface area contributed by atoms with Crippen molar-refractivity contribution in [1.82, 2.24) is 5.32 Å². The van der Waals surface area contributed by atoms with Gasteiger partial charge in [-0.05, 0) is 37.1 Å². The lowest BCUT2D eigenvalue weighted by Gasteiger charge is -2.22. The van der Waals surface area contributed by atoms with Gasteiger partial charge in [-0.1, -0.05) is 19.3 Å². The Morgan fingerprint density at radius 1 is 1.15 bits per heavy atom. The molecular weight excluding hydrogens is 258 g/mol. The van der Waals surface area contributed by atoms with Crippen molar-refractivity contribution in [3.63, 3.8) is 0 Å². The molecule has 0 aromatic heterocycles. The Morgan fingerprint density at radius 2 is 1.80 bits per heavy atom. The molecule has 0 atom stereocenters. The van der Waals surface area contributed by atoms with Crippen molar-refractivity contribution in [2.24, 2.45) is 0 Å². The van der Waals surface area contributed by atoms with Crippen molar-refractivity contribution in [3.8, 4) is 5.75 Å². The van der Waals surface area contributed by atoms with Gasteiger partial charge in [0.2, 0.25) is 0 Å². The second-order valence-corrected chi connectivity index (χ2v) is 5.03. The van der Waals surface area contributed by atoms with Crippen LogP contribution in [-0.4, -0.2) is 29.6 Å². The number of hydrogen-bond acceptors (Lipinski definition) is 4. The highest BCUT2D eigenvalue weighted by molar-refractivity contribution is 5.91. The maximum absolute atomic E-state index is 11.7. The van der Waals surface area contributed by atoms with Crippen LogP contribution in [0.3, 0.4) is 0 Å². The molecular formula is C15H19NO4. The molecule has 0 aliphatic heterocycles. The quantitative estimate of drug-likeness (QED) is 0.825. The molecule has 1 aromatic rings. The van der Waals surface area contributed by atoms with E-state index in [0.717, 1.165) is 25.7 Å². The standard InChI is InChI=1S/C15H19NO4/c17-13-8-6-11(7-9-13)15(19)20-10-14(18)16-12-4-2-1-3-5-12/h6-9,12,17H,1-5,10H2,(H,16,18). The Hall–Kier alpha value is -2.04. The lowest BCUT2D eigenvalue weighted by Crippen LogP contribution is -2.38. The number of aromatic hydroxyl groups is 1. The number of benzene rings is 1. The van der Waals surface area contributed by atoms with Crippen molar-refractivity contribution >= 4 is 11.9 Å². The van der Waals surface area contributed by atoms with E-state index in [1.165, 1.54) is 30.7 Å². The van der Waals surface area contributed by atoms with Gasteiger partial charge in [-0.2, -0.15) is 0 Å². The molecule has 0 heterocycles. The van der Waals surface area contributed by atoms with Gasteiger partial charge in [0.05, 0.1) is 5.56 Å². The van der Waals surface area contributed by atoms with Crippen LogP contribution in [0.2, 0.25) is 0 Å². The first-order chi connectivity index (χ1) is 9.65. The first kappa shape index (κ1) is 14.4. The van der Waals surface area contributed by atoms with Crippen molar-refractivity contribution in [3.05, 3.63) is 29.8 Å². The zero-order chi connectivity index (χ0) is 14.4. The highest BCUT2D eigenvalue weighted by atomic mass is 16.5. The SMILES string of the molecule is O=C(COC(=O)c1ccc(O)cc1)NC1CCCCC1. The molecule has 0 spiro atoms. The van der Waals surface area contributed by atoms with Crippen molar-refractivity contribution < 1.29 is 19.4 Å². The van der Waals surface area contributed by atoms with E-state index in [4.69, 9.17) is 9.84 Å². The highest BCUT2D eigenvalue weighted by Gasteiger charge is 2.16. The molecule has 2 rings (SSSR count). The van der Waals surface area contributed by atoms with E-state index < -0.39 is 5.97 Å². The first-order valence-electron chi connectivity index (χ1n) is 6.90. The summed E-state index contributed by atoms with van der Waals surface area (Å²) in [5.41, 5.74) is 0.313. The molecule has 0 unspecified atom stereocenters. The second kappa shape index (κ2) is 6.93. The number of nitrogens with one attached hydrogen (secondary N) is 1. The predicted molar refractivity (Wildman–Crippen MR) is 73.4 cm³/mol. The predicted octanol–water partition coefficient (Wildman–Crippen LogP) is 2.00. The monoisotopic (exact) mass is 277 g/mol. The van der Waals surface area contributed by atoms with Gasteiger partial charge >= 0.3 is 5.97 Å². The summed E-state index contributed by atoms with van der Waals surface area (Å²) in [6, 6.07) is 5.92. The Bertz CT molecular complexity index is 463. The van der Waals surface area contributed by atoms with Crippen molar-refractivity contribution in [1.29, 1.82) is 0 Å². The molecule has 1 aliphatic rings. The van der Waals surface area contributed by atoms with Crippen LogP contribution in [0.1, 0.15) is 42.5 Å². The van der Waals surface area contributed by atoms with Crippen LogP contribution in [0.5, 0.6) is 5.75 Å². The van der Waals surface area contributed by atoms with Crippen LogP contribution < -0.4 is 5.32 Å². The minimum Gasteiger partial charge on any atom is -0.508 e. The van der Waals surface area contributed by atoms with Crippen LogP contribution >= 0.6 is 0 Å². The lowest BCUT2D eigenvalue weighted by atomic mass is 9.95. The van der Waals surface area contributed by atoms with Crippen LogP contribution in [-0.2, 0) is 9.53 Å². The number of rotatable bonds is 4. The highest BCUT2D eigenvalue weighted by Crippen LogP contribution is 2.17. The molecule has 1 aromatic carbocycles. The van der Waals surface area contributed by atoms with Gasteiger partial charge < -0.3 is 15.2 Å². The molecule has 5 heteroatoms. The molecule has 0 saturated heterocycles. The number of hydrogen-bond donors (Lipinski definition) is 2. The van der Waals surface area contributed by atoms with Crippen LogP contribution in [0.4, 0.5) is 0 Å². The Kier molecular flexibility index (Phi) is 4.98. The molecule has 20 heavy (non-hydrogen) atoms. The summed E-state index contributed by atoms with van der Waals surface area (Å²) in [7, 11) is 0. The van der Waals surface area contributed by atoms with Gasteiger partial charge in [0.1, 0.15) is 5.75 Å².